The summed E-state index contributed by atoms with van der Waals surface area (Å²) in [6.45, 7) is 4.57. The van der Waals surface area contributed by atoms with Crippen molar-refractivity contribution in [2.24, 2.45) is 0 Å². The van der Waals surface area contributed by atoms with Crippen LogP contribution in [0.15, 0.2) is 48.6 Å². The average Bonchev–Trinajstić information content (AvgIpc) is 3.36. The topological polar surface area (TPSA) is 135 Å². The van der Waals surface area contributed by atoms with Crippen molar-refractivity contribution in [3.63, 3.8) is 0 Å². The maximum absolute atomic E-state index is 12.9. The second-order valence-electron chi connectivity index (χ2n) is 20.4. The Labute approximate surface area is 431 Å². The largest absolute Gasteiger partial charge is 0.457 e. The van der Waals surface area contributed by atoms with Gasteiger partial charge in [-0.25, -0.2) is 0 Å². The van der Waals surface area contributed by atoms with Gasteiger partial charge in [0.15, 0.2) is 6.29 Å². The Balaban J connectivity index is 2.14. The molecule has 4 N–H and O–H groups in total. The number of rotatable bonds is 52. The molecule has 0 amide bonds. The Bertz CT molecular complexity index is 1220. The molecule has 1 saturated heterocycles. The van der Waals surface area contributed by atoms with Crippen molar-refractivity contribution in [1.82, 2.24) is 0 Å². The minimum Gasteiger partial charge on any atom is -0.457 e. The van der Waals surface area contributed by atoms with Crippen LogP contribution in [0.1, 0.15) is 271 Å². The van der Waals surface area contributed by atoms with Crippen molar-refractivity contribution in [3.05, 3.63) is 48.6 Å². The lowest BCUT2D eigenvalue weighted by Gasteiger charge is -2.39. The Hall–Kier alpha value is -1.85. The van der Waals surface area contributed by atoms with Gasteiger partial charge in [0.1, 0.15) is 30.5 Å². The molecule has 0 aliphatic carbocycles. The maximum Gasteiger partial charge on any atom is 0.306 e. The standard InChI is InChI=1S/C61H112O9/c1-3-5-7-9-11-13-15-17-19-21-23-25-26-27-28-29-31-33-35-37-39-41-43-45-47-49-51-67-53-55(54-68-61-60(66)59(65)58(64)56(52-62)70-61)69-57(63)50-48-46-44-42-40-38-36-34-32-30-24-22-20-18-16-14-12-10-8-6-4-2/h15-18,21-24,55-56,58-62,64-66H,3-14,19-20,25-54H2,1-2H3/b17-15-,18-16-,23-21-,24-22-. The molecule has 1 fully saturated rings. The van der Waals surface area contributed by atoms with Crippen molar-refractivity contribution in [2.45, 2.75) is 307 Å². The van der Waals surface area contributed by atoms with E-state index in [0.29, 0.717) is 13.0 Å². The van der Waals surface area contributed by atoms with Gasteiger partial charge in [-0.1, -0.05) is 236 Å². The van der Waals surface area contributed by atoms with Crippen LogP contribution in [0, 0.1) is 0 Å². The third kappa shape index (κ3) is 41.6. The zero-order valence-corrected chi connectivity index (χ0v) is 45.5. The fourth-order valence-corrected chi connectivity index (χ4v) is 9.08. The van der Waals surface area contributed by atoms with Crippen LogP contribution >= 0.6 is 0 Å². The zero-order valence-electron chi connectivity index (χ0n) is 45.5. The third-order valence-corrected chi connectivity index (χ3v) is 13.7. The molecule has 6 unspecified atom stereocenters. The normalized spacial score (nSPS) is 19.2. The van der Waals surface area contributed by atoms with Gasteiger partial charge in [0.25, 0.3) is 0 Å². The van der Waals surface area contributed by atoms with Crippen molar-refractivity contribution in [2.75, 3.05) is 26.4 Å². The van der Waals surface area contributed by atoms with E-state index in [1.165, 1.54) is 205 Å². The summed E-state index contributed by atoms with van der Waals surface area (Å²) in [5, 5.41) is 40.4. The summed E-state index contributed by atoms with van der Waals surface area (Å²) in [6, 6.07) is 0. The molecule has 0 bridgehead atoms. The molecule has 1 aliphatic heterocycles. The first-order valence-electron chi connectivity index (χ1n) is 29.7. The number of carbonyl (C=O) groups excluding carboxylic acids is 1. The minimum absolute atomic E-state index is 0.114. The van der Waals surface area contributed by atoms with E-state index in [9.17, 15) is 25.2 Å². The number of allylic oxidation sites excluding steroid dienone is 8. The van der Waals surface area contributed by atoms with Crippen LogP contribution < -0.4 is 0 Å². The van der Waals surface area contributed by atoms with Gasteiger partial charge in [-0.2, -0.15) is 0 Å². The van der Waals surface area contributed by atoms with E-state index in [1.807, 2.05) is 0 Å². The highest BCUT2D eigenvalue weighted by atomic mass is 16.7. The Morgan fingerprint density at radius 1 is 0.457 bits per heavy atom. The Kier molecular flexibility index (Phi) is 49.2. The molecule has 0 spiro atoms. The summed E-state index contributed by atoms with van der Waals surface area (Å²) in [5.74, 6) is -0.315. The summed E-state index contributed by atoms with van der Waals surface area (Å²) in [7, 11) is 0. The zero-order chi connectivity index (χ0) is 50.6. The van der Waals surface area contributed by atoms with Gasteiger partial charge in [-0.3, -0.25) is 4.79 Å². The number of hydrogen-bond donors (Lipinski definition) is 4. The van der Waals surface area contributed by atoms with E-state index < -0.39 is 43.4 Å². The first-order valence-corrected chi connectivity index (χ1v) is 29.7. The van der Waals surface area contributed by atoms with Crippen LogP contribution in [0.5, 0.6) is 0 Å². The van der Waals surface area contributed by atoms with Gasteiger partial charge in [-0.15, -0.1) is 0 Å². The maximum atomic E-state index is 12.9. The van der Waals surface area contributed by atoms with Crippen molar-refractivity contribution < 1.29 is 44.2 Å². The van der Waals surface area contributed by atoms with Crippen molar-refractivity contribution >= 4 is 5.97 Å². The summed E-state index contributed by atoms with van der Waals surface area (Å²) in [6.07, 6.45) is 60.2. The molecule has 410 valence electrons. The SMILES string of the molecule is CCCCCCC/C=C\C/C=C\CCCCCCCCCCCCCCCCOCC(COC1OC(CO)C(O)C(O)C1O)OC(=O)CCCCCCCCCCC/C=C\C/C=C\CCCCCCC. The number of aliphatic hydroxyl groups excluding tert-OH is 4. The van der Waals surface area contributed by atoms with Crippen LogP contribution in [-0.4, -0.2) is 89.6 Å². The van der Waals surface area contributed by atoms with Crippen LogP contribution in [0.3, 0.4) is 0 Å². The minimum atomic E-state index is -1.54. The van der Waals surface area contributed by atoms with Gasteiger partial charge in [0.2, 0.25) is 0 Å². The molecule has 0 radical (unpaired) electrons. The molecule has 9 heteroatoms. The van der Waals surface area contributed by atoms with Crippen LogP contribution in [0.2, 0.25) is 0 Å². The highest BCUT2D eigenvalue weighted by Crippen LogP contribution is 2.23. The number of carbonyl (C=O) groups is 1. The first kappa shape index (κ1) is 66.2. The van der Waals surface area contributed by atoms with Crippen LogP contribution in [0.25, 0.3) is 0 Å². The van der Waals surface area contributed by atoms with E-state index in [0.717, 1.165) is 44.9 Å². The Morgan fingerprint density at radius 2 is 0.829 bits per heavy atom. The van der Waals surface area contributed by atoms with Gasteiger partial charge >= 0.3 is 5.97 Å². The molecular weight excluding hydrogens is 877 g/mol. The average molecular weight is 990 g/mol. The number of hydrogen-bond acceptors (Lipinski definition) is 9. The second kappa shape index (κ2) is 52.0. The number of unbranched alkanes of at least 4 members (excludes halogenated alkanes) is 33. The molecular formula is C61H112O9. The summed E-state index contributed by atoms with van der Waals surface area (Å²) >= 11 is 0. The lowest BCUT2D eigenvalue weighted by Crippen LogP contribution is -2.59. The quantitative estimate of drug-likeness (QED) is 0.0267. The van der Waals surface area contributed by atoms with Crippen molar-refractivity contribution in [1.29, 1.82) is 0 Å². The van der Waals surface area contributed by atoms with E-state index in [-0.39, 0.29) is 19.2 Å². The van der Waals surface area contributed by atoms with Gasteiger partial charge in [0.05, 0.1) is 19.8 Å². The molecule has 1 heterocycles. The van der Waals surface area contributed by atoms with E-state index in [1.54, 1.807) is 0 Å². The monoisotopic (exact) mass is 989 g/mol. The molecule has 0 aromatic carbocycles. The smallest absolute Gasteiger partial charge is 0.306 e. The number of ether oxygens (including phenoxy) is 4. The molecule has 70 heavy (non-hydrogen) atoms. The van der Waals surface area contributed by atoms with Gasteiger partial charge < -0.3 is 39.4 Å². The predicted molar refractivity (Wildman–Crippen MR) is 293 cm³/mol. The number of aliphatic hydroxyl groups is 4. The fourth-order valence-electron chi connectivity index (χ4n) is 9.08. The highest BCUT2D eigenvalue weighted by Gasteiger charge is 2.44. The predicted octanol–water partition coefficient (Wildman–Crippen LogP) is 15.6. The molecule has 0 saturated carbocycles. The Morgan fingerprint density at radius 3 is 1.23 bits per heavy atom. The summed E-state index contributed by atoms with van der Waals surface area (Å²) in [4.78, 5) is 12.9. The second-order valence-corrected chi connectivity index (χ2v) is 20.4. The van der Waals surface area contributed by atoms with Gasteiger partial charge in [0, 0.05) is 13.0 Å². The lowest BCUT2D eigenvalue weighted by molar-refractivity contribution is -0.305. The highest BCUT2D eigenvalue weighted by molar-refractivity contribution is 5.69. The van der Waals surface area contributed by atoms with Gasteiger partial charge in [-0.05, 0) is 77.0 Å². The molecule has 9 nitrogen and oxygen atoms in total. The summed E-state index contributed by atoms with van der Waals surface area (Å²) < 4.78 is 23.0. The van der Waals surface area contributed by atoms with Crippen LogP contribution in [-0.2, 0) is 23.7 Å². The molecule has 0 aromatic heterocycles. The third-order valence-electron chi connectivity index (χ3n) is 13.7. The molecule has 1 rings (SSSR count). The molecule has 0 aromatic rings. The van der Waals surface area contributed by atoms with E-state index >= 15 is 0 Å². The lowest BCUT2D eigenvalue weighted by atomic mass is 9.99. The first-order chi connectivity index (χ1) is 34.4. The summed E-state index contributed by atoms with van der Waals surface area (Å²) in [5.41, 5.74) is 0. The molecule has 6 atom stereocenters. The molecule has 1 aliphatic rings. The van der Waals surface area contributed by atoms with Crippen LogP contribution in [0.4, 0.5) is 0 Å². The number of esters is 1. The van der Waals surface area contributed by atoms with E-state index in [4.69, 9.17) is 18.9 Å². The fraction of sp³-hybridized carbons (Fsp3) is 0.852. The van der Waals surface area contributed by atoms with Crippen molar-refractivity contribution in [3.8, 4) is 0 Å². The van der Waals surface area contributed by atoms with E-state index in [2.05, 4.69) is 62.5 Å².